The first kappa shape index (κ1) is 25.0. The molecule has 0 spiro atoms. The van der Waals surface area contributed by atoms with Gasteiger partial charge in [-0.15, -0.1) is 11.3 Å². The summed E-state index contributed by atoms with van der Waals surface area (Å²) < 4.78 is 5.33. The molecule has 1 atom stereocenters. The first-order valence-electron chi connectivity index (χ1n) is 11.3. The second-order valence-electron chi connectivity index (χ2n) is 9.57. The van der Waals surface area contributed by atoms with E-state index in [1.807, 2.05) is 27.7 Å². The van der Waals surface area contributed by atoms with Gasteiger partial charge in [0.15, 0.2) is 0 Å². The standard InChI is InChI=1S/C25H32N2O5S/c1-17-5-7-18(8-6-17)23(29)27(16-21(28)26-11-13-32-14-12-26)20-15-19(9-10-25(2,3)4)33-22(20)24(30)31/h5,15,18H,6-8,11-14,16H2,1-4H3,(H,30,31)/t18-/m1/s1. The van der Waals surface area contributed by atoms with E-state index in [1.165, 1.54) is 10.5 Å². The zero-order chi connectivity index (χ0) is 24.2. The topological polar surface area (TPSA) is 87.2 Å². The Hall–Kier alpha value is -2.63. The normalized spacial score (nSPS) is 18.7. The lowest BCUT2D eigenvalue weighted by Crippen LogP contribution is -2.48. The Morgan fingerprint density at radius 2 is 1.97 bits per heavy atom. The fourth-order valence-corrected chi connectivity index (χ4v) is 4.64. The van der Waals surface area contributed by atoms with E-state index in [4.69, 9.17) is 4.74 Å². The van der Waals surface area contributed by atoms with Crippen molar-refractivity contribution in [2.75, 3.05) is 37.7 Å². The van der Waals surface area contributed by atoms with Crippen molar-refractivity contribution in [2.45, 2.75) is 47.0 Å². The molecular weight excluding hydrogens is 440 g/mol. The van der Waals surface area contributed by atoms with Gasteiger partial charge < -0.3 is 19.6 Å². The Balaban J connectivity index is 1.97. The third kappa shape index (κ3) is 6.68. The van der Waals surface area contributed by atoms with Crippen molar-refractivity contribution in [2.24, 2.45) is 11.3 Å². The Morgan fingerprint density at radius 1 is 1.27 bits per heavy atom. The summed E-state index contributed by atoms with van der Waals surface area (Å²) in [6, 6.07) is 1.64. The molecule has 7 nitrogen and oxygen atoms in total. The first-order chi connectivity index (χ1) is 15.5. The van der Waals surface area contributed by atoms with Crippen LogP contribution in [0.5, 0.6) is 0 Å². The van der Waals surface area contributed by atoms with Crippen LogP contribution in [0, 0.1) is 23.2 Å². The van der Waals surface area contributed by atoms with Crippen LogP contribution in [0.15, 0.2) is 17.7 Å². The number of morpholine rings is 1. The predicted molar refractivity (Wildman–Crippen MR) is 128 cm³/mol. The summed E-state index contributed by atoms with van der Waals surface area (Å²) in [7, 11) is 0. The Labute approximate surface area is 199 Å². The smallest absolute Gasteiger partial charge is 0.348 e. The maximum absolute atomic E-state index is 13.6. The van der Waals surface area contributed by atoms with Crippen LogP contribution in [0.1, 0.15) is 61.5 Å². The number of allylic oxidation sites excluding steroid dienone is 2. The first-order valence-corrected chi connectivity index (χ1v) is 12.1. The molecule has 0 radical (unpaired) electrons. The molecule has 1 aliphatic heterocycles. The molecule has 1 aromatic rings. The number of thiophene rings is 1. The molecule has 2 aliphatic rings. The molecule has 1 saturated heterocycles. The summed E-state index contributed by atoms with van der Waals surface area (Å²) in [6.45, 7) is 9.61. The number of hydrogen-bond acceptors (Lipinski definition) is 5. The molecule has 0 unspecified atom stereocenters. The lowest BCUT2D eigenvalue weighted by molar-refractivity contribution is -0.135. The summed E-state index contributed by atoms with van der Waals surface area (Å²) in [5.74, 6) is 4.32. The summed E-state index contributed by atoms with van der Waals surface area (Å²) in [5.41, 5.74) is 1.25. The van der Waals surface area contributed by atoms with Crippen molar-refractivity contribution >= 4 is 34.8 Å². The number of anilines is 1. The van der Waals surface area contributed by atoms with Gasteiger partial charge in [-0.1, -0.05) is 23.5 Å². The second-order valence-corrected chi connectivity index (χ2v) is 10.6. The minimum atomic E-state index is -1.13. The molecule has 8 heteroatoms. The molecule has 0 aromatic carbocycles. The van der Waals surface area contributed by atoms with E-state index in [-0.39, 0.29) is 40.3 Å². The highest BCUT2D eigenvalue weighted by Gasteiger charge is 2.33. The molecule has 178 valence electrons. The van der Waals surface area contributed by atoms with E-state index in [0.717, 1.165) is 17.8 Å². The zero-order valence-electron chi connectivity index (χ0n) is 19.8. The van der Waals surface area contributed by atoms with Crippen molar-refractivity contribution < 1.29 is 24.2 Å². The van der Waals surface area contributed by atoms with Crippen LogP contribution in [-0.4, -0.2) is 60.6 Å². The van der Waals surface area contributed by atoms with Crippen molar-refractivity contribution in [3.05, 3.63) is 27.5 Å². The van der Waals surface area contributed by atoms with Crippen molar-refractivity contribution in [1.29, 1.82) is 0 Å². The largest absolute Gasteiger partial charge is 0.477 e. The predicted octanol–water partition coefficient (Wildman–Crippen LogP) is 3.78. The molecule has 0 saturated carbocycles. The molecule has 3 rings (SSSR count). The van der Waals surface area contributed by atoms with Crippen LogP contribution in [0.25, 0.3) is 0 Å². The van der Waals surface area contributed by atoms with E-state index < -0.39 is 5.97 Å². The van der Waals surface area contributed by atoms with E-state index in [0.29, 0.717) is 44.0 Å². The summed E-state index contributed by atoms with van der Waals surface area (Å²) >= 11 is 1.04. The molecule has 1 fully saturated rings. The SMILES string of the molecule is CC1=CC[C@@H](C(=O)N(CC(=O)N2CCOCC2)c2cc(C#CC(C)(C)C)sc2C(=O)O)CC1. The highest BCUT2D eigenvalue weighted by atomic mass is 32.1. The van der Waals surface area contributed by atoms with Crippen LogP contribution in [0.4, 0.5) is 5.69 Å². The second kappa shape index (κ2) is 10.5. The maximum Gasteiger partial charge on any atom is 0.348 e. The molecule has 1 N–H and O–H groups in total. The summed E-state index contributed by atoms with van der Waals surface area (Å²) in [5, 5.41) is 9.87. The average Bonchev–Trinajstić information content (AvgIpc) is 3.20. The Morgan fingerprint density at radius 3 is 2.55 bits per heavy atom. The number of carboxylic acid groups (broad SMARTS) is 1. The lowest BCUT2D eigenvalue weighted by atomic mass is 9.89. The van der Waals surface area contributed by atoms with Gasteiger partial charge in [-0.2, -0.15) is 0 Å². The number of rotatable bonds is 5. The molecule has 1 aromatic heterocycles. The van der Waals surface area contributed by atoms with E-state index in [1.54, 1.807) is 11.0 Å². The van der Waals surface area contributed by atoms with Crippen LogP contribution in [0.2, 0.25) is 0 Å². The van der Waals surface area contributed by atoms with Gasteiger partial charge in [0.1, 0.15) is 11.4 Å². The number of nitrogens with zero attached hydrogens (tertiary/aromatic N) is 2. The zero-order valence-corrected chi connectivity index (χ0v) is 20.6. The van der Waals surface area contributed by atoms with Crippen molar-refractivity contribution in [3.8, 4) is 11.8 Å². The van der Waals surface area contributed by atoms with Crippen molar-refractivity contribution in [3.63, 3.8) is 0 Å². The highest BCUT2D eigenvalue weighted by molar-refractivity contribution is 7.15. The van der Waals surface area contributed by atoms with Gasteiger partial charge >= 0.3 is 5.97 Å². The maximum atomic E-state index is 13.6. The minimum absolute atomic E-state index is 0.0267. The van der Waals surface area contributed by atoms with Crippen LogP contribution >= 0.6 is 11.3 Å². The Bertz CT molecular complexity index is 1000. The van der Waals surface area contributed by atoms with Gasteiger partial charge in [0.2, 0.25) is 11.8 Å². The van der Waals surface area contributed by atoms with E-state index in [2.05, 4.69) is 17.9 Å². The summed E-state index contributed by atoms with van der Waals surface area (Å²) in [4.78, 5) is 42.4. The van der Waals surface area contributed by atoms with E-state index in [9.17, 15) is 19.5 Å². The van der Waals surface area contributed by atoms with Gasteiger partial charge in [0, 0.05) is 24.4 Å². The number of hydrogen-bond donors (Lipinski definition) is 1. The third-order valence-corrected chi connectivity index (χ3v) is 6.70. The van der Waals surface area contributed by atoms with Crippen molar-refractivity contribution in [1.82, 2.24) is 4.90 Å². The quantitative estimate of drug-likeness (QED) is 0.521. The van der Waals surface area contributed by atoms with Gasteiger partial charge in [0.05, 0.1) is 23.8 Å². The van der Waals surface area contributed by atoms with Crippen LogP contribution in [0.3, 0.4) is 0 Å². The van der Waals surface area contributed by atoms with E-state index >= 15 is 0 Å². The number of ether oxygens (including phenoxy) is 1. The average molecular weight is 473 g/mol. The lowest BCUT2D eigenvalue weighted by Gasteiger charge is -2.32. The van der Waals surface area contributed by atoms with Gasteiger partial charge in [0.25, 0.3) is 0 Å². The van der Waals surface area contributed by atoms with Crippen LogP contribution in [-0.2, 0) is 14.3 Å². The molecule has 1 aliphatic carbocycles. The Kier molecular flexibility index (Phi) is 7.98. The number of carbonyl (C=O) groups is 3. The van der Waals surface area contributed by atoms with Crippen LogP contribution < -0.4 is 4.90 Å². The molecular formula is C25H32N2O5S. The molecule has 2 amide bonds. The molecule has 2 heterocycles. The van der Waals surface area contributed by atoms with Gasteiger partial charge in [-0.25, -0.2) is 4.79 Å². The monoisotopic (exact) mass is 472 g/mol. The third-order valence-electron chi connectivity index (χ3n) is 5.67. The highest BCUT2D eigenvalue weighted by Crippen LogP contribution is 2.34. The number of aromatic carboxylic acids is 1. The van der Waals surface area contributed by atoms with Gasteiger partial charge in [-0.05, 0) is 53.0 Å². The fraction of sp³-hybridized carbons (Fsp3) is 0.560. The molecule has 33 heavy (non-hydrogen) atoms. The minimum Gasteiger partial charge on any atom is -0.477 e. The number of amides is 2. The van der Waals surface area contributed by atoms with Gasteiger partial charge in [-0.3, -0.25) is 9.59 Å². The summed E-state index contributed by atoms with van der Waals surface area (Å²) in [6.07, 6.45) is 4.15. The number of carboxylic acids is 1. The number of carbonyl (C=O) groups excluding carboxylic acids is 2. The fourth-order valence-electron chi connectivity index (χ4n) is 3.79. The molecule has 0 bridgehead atoms.